The van der Waals surface area contributed by atoms with Gasteiger partial charge in [0.1, 0.15) is 29.9 Å². The summed E-state index contributed by atoms with van der Waals surface area (Å²) in [5.74, 6) is -1.74. The van der Waals surface area contributed by atoms with Gasteiger partial charge in [-0.05, 0) is 117 Å². The Morgan fingerprint density at radius 1 is 0.692 bits per heavy atom. The minimum Gasteiger partial charge on any atom is -0.456 e. The van der Waals surface area contributed by atoms with Crippen LogP contribution in [0.15, 0.2) is 30.3 Å². The number of hydrogen-bond acceptors (Lipinski definition) is 11. The van der Waals surface area contributed by atoms with Crippen molar-refractivity contribution in [3.8, 4) is 0 Å². The minimum atomic E-state index is -0.784. The average molecular weight is 722 g/mol. The smallest absolute Gasteiger partial charge is 0.411 e. The lowest BCUT2D eigenvalue weighted by atomic mass is 9.78. The largest absolute Gasteiger partial charge is 0.456 e. The molecule has 2 amide bonds. The molecule has 1 aromatic carbocycles. The number of pyridine rings is 1. The average Bonchev–Trinajstić information content (AvgIpc) is 3.79. The van der Waals surface area contributed by atoms with E-state index in [4.69, 9.17) is 23.9 Å². The Balaban J connectivity index is 1.08. The maximum atomic E-state index is 13.0. The van der Waals surface area contributed by atoms with Gasteiger partial charge in [-0.2, -0.15) is 0 Å². The van der Waals surface area contributed by atoms with E-state index in [-0.39, 0.29) is 30.0 Å². The number of carbonyl (C=O) groups is 6. The van der Waals surface area contributed by atoms with Crippen molar-refractivity contribution in [3.05, 3.63) is 41.6 Å². The summed E-state index contributed by atoms with van der Waals surface area (Å²) in [6.07, 6.45) is 3.90. The van der Waals surface area contributed by atoms with Crippen molar-refractivity contribution in [2.45, 2.75) is 122 Å². The molecule has 2 aliphatic heterocycles. The topological polar surface area (TPSA) is 159 Å². The van der Waals surface area contributed by atoms with Crippen molar-refractivity contribution in [3.63, 3.8) is 0 Å². The summed E-state index contributed by atoms with van der Waals surface area (Å²) < 4.78 is 21.6. The van der Waals surface area contributed by atoms with Gasteiger partial charge in [0.05, 0.1) is 5.52 Å². The molecule has 1 aromatic heterocycles. The van der Waals surface area contributed by atoms with E-state index in [2.05, 4.69) is 0 Å². The fourth-order valence-corrected chi connectivity index (χ4v) is 7.03. The van der Waals surface area contributed by atoms with Crippen LogP contribution in [0, 0.1) is 5.92 Å². The molecule has 2 saturated heterocycles. The van der Waals surface area contributed by atoms with E-state index in [0.717, 1.165) is 29.4 Å². The Hall–Kier alpha value is -4.55. The van der Waals surface area contributed by atoms with Crippen molar-refractivity contribution >= 4 is 46.6 Å². The van der Waals surface area contributed by atoms with Crippen molar-refractivity contribution < 1.29 is 47.7 Å². The summed E-state index contributed by atoms with van der Waals surface area (Å²) >= 11 is 0. The molecule has 0 unspecified atom stereocenters. The monoisotopic (exact) mass is 721 g/mol. The zero-order valence-electron chi connectivity index (χ0n) is 31.1. The number of amides is 2. The second-order valence-corrected chi connectivity index (χ2v) is 16.0. The van der Waals surface area contributed by atoms with Crippen LogP contribution in [0.2, 0.25) is 0 Å². The van der Waals surface area contributed by atoms with E-state index in [1.54, 1.807) is 59.7 Å². The predicted molar refractivity (Wildman–Crippen MR) is 190 cm³/mol. The van der Waals surface area contributed by atoms with Gasteiger partial charge in [0, 0.05) is 41.6 Å². The van der Waals surface area contributed by atoms with Crippen LogP contribution in [-0.2, 0) is 33.3 Å². The number of hydrogen-bond donors (Lipinski definition) is 0. The highest BCUT2D eigenvalue weighted by Crippen LogP contribution is 2.36. The van der Waals surface area contributed by atoms with E-state index in [9.17, 15) is 28.8 Å². The fraction of sp³-hybridized carbons (Fsp3) is 0.615. The van der Waals surface area contributed by atoms with Crippen molar-refractivity contribution in [2.24, 2.45) is 5.92 Å². The van der Waals surface area contributed by atoms with Crippen LogP contribution in [0.25, 0.3) is 10.9 Å². The van der Waals surface area contributed by atoms with E-state index in [1.807, 2.05) is 12.1 Å². The second-order valence-electron chi connectivity index (χ2n) is 16.0. The molecule has 0 bridgehead atoms. The van der Waals surface area contributed by atoms with Gasteiger partial charge in [0.15, 0.2) is 18.2 Å². The van der Waals surface area contributed by atoms with E-state index < -0.39 is 54.0 Å². The van der Waals surface area contributed by atoms with Crippen molar-refractivity contribution in [1.82, 2.24) is 14.8 Å². The van der Waals surface area contributed by atoms with Gasteiger partial charge in [-0.1, -0.05) is 6.07 Å². The maximum Gasteiger partial charge on any atom is 0.411 e. The zero-order chi connectivity index (χ0) is 37.8. The number of ether oxygens (including phenoxy) is 4. The molecule has 2 atom stereocenters. The molecule has 3 fully saturated rings. The normalized spacial score (nSPS) is 22.2. The highest BCUT2D eigenvalue weighted by molar-refractivity contribution is 6.01. The van der Waals surface area contributed by atoms with E-state index in [0.29, 0.717) is 57.2 Å². The van der Waals surface area contributed by atoms with Crippen LogP contribution in [0.4, 0.5) is 9.59 Å². The Bertz CT molecular complexity index is 1690. The molecule has 13 heteroatoms. The Morgan fingerprint density at radius 2 is 1.23 bits per heavy atom. The molecular formula is C39H51N3O10. The lowest BCUT2D eigenvalue weighted by Crippen LogP contribution is -2.44. The van der Waals surface area contributed by atoms with Gasteiger partial charge in [-0.15, -0.1) is 0 Å². The molecule has 0 spiro atoms. The number of benzene rings is 1. The fourth-order valence-electron chi connectivity index (χ4n) is 7.03. The minimum absolute atomic E-state index is 0.119. The third-order valence-electron chi connectivity index (χ3n) is 9.64. The summed E-state index contributed by atoms with van der Waals surface area (Å²) in [6.45, 7) is 10.6. The van der Waals surface area contributed by atoms with Crippen LogP contribution < -0.4 is 0 Å². The molecule has 0 radical (unpaired) electrons. The van der Waals surface area contributed by atoms with Crippen LogP contribution >= 0.6 is 0 Å². The highest BCUT2D eigenvalue weighted by Gasteiger charge is 2.39. The number of esters is 2. The van der Waals surface area contributed by atoms with Crippen LogP contribution in [0.5, 0.6) is 0 Å². The first-order chi connectivity index (χ1) is 24.5. The van der Waals surface area contributed by atoms with E-state index >= 15 is 0 Å². The lowest BCUT2D eigenvalue weighted by molar-refractivity contribution is -0.153. The summed E-state index contributed by atoms with van der Waals surface area (Å²) in [4.78, 5) is 84.2. The molecule has 1 aliphatic carbocycles. The van der Waals surface area contributed by atoms with Crippen molar-refractivity contribution in [1.29, 1.82) is 0 Å². The third kappa shape index (κ3) is 9.86. The van der Waals surface area contributed by atoms with Crippen molar-refractivity contribution in [2.75, 3.05) is 26.3 Å². The van der Waals surface area contributed by atoms with Crippen LogP contribution in [0.1, 0.15) is 115 Å². The number of fused-ring (bicyclic) bond motifs is 1. The molecule has 1 saturated carbocycles. The van der Waals surface area contributed by atoms with Gasteiger partial charge < -0.3 is 18.9 Å². The lowest BCUT2D eigenvalue weighted by Gasteiger charge is -2.28. The SMILES string of the molecule is CC(C)(C)OC(=O)N1CCC[C@H]1C(=O)OCC(=O)c1ccc2nc(C3CCC(C(=O)COC(=O)[C@@H]4CCCN4C(=O)OC(C)(C)C)CC3)ccc2c1. The number of carbonyl (C=O) groups excluding carboxylic acids is 6. The molecular weight excluding hydrogens is 670 g/mol. The van der Waals surface area contributed by atoms with Crippen LogP contribution in [0.3, 0.4) is 0 Å². The highest BCUT2D eigenvalue weighted by atomic mass is 16.6. The van der Waals surface area contributed by atoms with E-state index in [1.165, 1.54) is 9.80 Å². The van der Waals surface area contributed by atoms with Gasteiger partial charge in [-0.3, -0.25) is 24.4 Å². The standard InChI is InChI=1S/C39H51N3O10/c1-38(2,3)51-36(47)41-19-7-9-30(41)34(45)49-22-32(43)25-13-11-24(12-14-25)28-17-15-26-21-27(16-18-29(26)40-28)33(44)23-50-35(46)31-10-8-20-42(31)37(48)52-39(4,5)6/h15-18,21,24-25,30-31H,7-14,19-20,22-23H2,1-6H3/t24?,25?,30-,31-/m0/s1. The molecule has 3 heterocycles. The molecule has 2 aromatic rings. The number of rotatable bonds is 9. The molecule has 0 N–H and O–H groups in total. The third-order valence-corrected chi connectivity index (χ3v) is 9.64. The van der Waals surface area contributed by atoms with Gasteiger partial charge >= 0.3 is 24.1 Å². The first kappa shape index (κ1) is 38.7. The number of likely N-dealkylation sites (tertiary alicyclic amines) is 2. The van der Waals surface area contributed by atoms with Gasteiger partial charge in [-0.25, -0.2) is 19.2 Å². The molecule has 52 heavy (non-hydrogen) atoms. The zero-order valence-corrected chi connectivity index (χ0v) is 31.1. The Morgan fingerprint density at radius 3 is 1.77 bits per heavy atom. The first-order valence-corrected chi connectivity index (χ1v) is 18.3. The second kappa shape index (κ2) is 16.0. The summed E-state index contributed by atoms with van der Waals surface area (Å²) in [5, 5.41) is 0.769. The molecule has 3 aliphatic rings. The molecule has 5 rings (SSSR count). The van der Waals surface area contributed by atoms with Gasteiger partial charge in [0.25, 0.3) is 0 Å². The van der Waals surface area contributed by atoms with Crippen LogP contribution in [-0.4, -0.2) is 100 Å². The Labute approximate surface area is 304 Å². The number of ketones is 2. The summed E-state index contributed by atoms with van der Waals surface area (Å²) in [7, 11) is 0. The quantitative estimate of drug-likeness (QED) is 0.166. The summed E-state index contributed by atoms with van der Waals surface area (Å²) in [5.41, 5.74) is 0.646. The number of aromatic nitrogens is 1. The maximum absolute atomic E-state index is 13.0. The first-order valence-electron chi connectivity index (χ1n) is 18.3. The molecule has 13 nitrogen and oxygen atoms in total. The predicted octanol–water partition coefficient (Wildman–Crippen LogP) is 6.15. The Kier molecular flexibility index (Phi) is 11.9. The number of nitrogens with zero attached hydrogens (tertiary/aromatic N) is 3. The summed E-state index contributed by atoms with van der Waals surface area (Å²) in [6, 6.07) is 7.48. The number of Topliss-reactive ketones (excluding diaryl/α,β-unsaturated/α-hetero) is 2. The molecule has 282 valence electrons. The van der Waals surface area contributed by atoms with Gasteiger partial charge in [0.2, 0.25) is 0 Å².